The summed E-state index contributed by atoms with van der Waals surface area (Å²) in [5, 5.41) is 0. The van der Waals surface area contributed by atoms with Crippen LogP contribution in [0.1, 0.15) is 32.1 Å². The summed E-state index contributed by atoms with van der Waals surface area (Å²) in [4.78, 5) is 33.6. The predicted molar refractivity (Wildman–Crippen MR) is 78.3 cm³/mol. The van der Waals surface area contributed by atoms with Gasteiger partial charge in [0, 0.05) is 12.8 Å². The molecule has 0 aliphatic heterocycles. The molecule has 1 aromatic rings. The van der Waals surface area contributed by atoms with Gasteiger partial charge in [-0.3, -0.25) is 20.4 Å². The molecule has 0 aliphatic carbocycles. The second kappa shape index (κ2) is 9.52. The van der Waals surface area contributed by atoms with Crippen molar-refractivity contribution in [3.8, 4) is 0 Å². The number of carbonyl (C=O) groups excluding carboxylic acids is 3. The van der Waals surface area contributed by atoms with Gasteiger partial charge >= 0.3 is 5.97 Å². The van der Waals surface area contributed by atoms with Gasteiger partial charge in [0.15, 0.2) is 0 Å². The molecule has 0 saturated carbocycles. The van der Waals surface area contributed by atoms with Crippen molar-refractivity contribution < 1.29 is 19.1 Å². The molecule has 0 heterocycles. The normalized spacial score (nSPS) is 9.76. The third-order valence-electron chi connectivity index (χ3n) is 2.84. The van der Waals surface area contributed by atoms with E-state index in [2.05, 4.69) is 15.6 Å². The van der Waals surface area contributed by atoms with E-state index in [9.17, 15) is 14.4 Å². The lowest BCUT2D eigenvalue weighted by molar-refractivity contribution is -0.151. The van der Waals surface area contributed by atoms with Gasteiger partial charge in [0.05, 0.1) is 12.8 Å². The molecule has 0 bridgehead atoms. The largest absolute Gasteiger partial charge is 0.463 e. The van der Waals surface area contributed by atoms with E-state index < -0.39 is 11.8 Å². The SMILES string of the molecule is COC(=O)C(=O)CCCCCC(=O)NNc1ccccc1. The number of ether oxygens (including phenoxy) is 1. The van der Waals surface area contributed by atoms with E-state index in [1.807, 2.05) is 30.3 Å². The van der Waals surface area contributed by atoms with E-state index in [4.69, 9.17) is 0 Å². The number of hydrazine groups is 1. The van der Waals surface area contributed by atoms with Crippen LogP contribution >= 0.6 is 0 Å². The monoisotopic (exact) mass is 292 g/mol. The second-order valence-corrected chi connectivity index (χ2v) is 4.51. The molecule has 1 aromatic carbocycles. The summed E-state index contributed by atoms with van der Waals surface area (Å²) in [6, 6.07) is 9.32. The number of esters is 1. The molecule has 0 unspecified atom stereocenters. The van der Waals surface area contributed by atoms with Gasteiger partial charge in [-0.25, -0.2) is 4.79 Å². The molecule has 6 nitrogen and oxygen atoms in total. The van der Waals surface area contributed by atoms with Gasteiger partial charge in [0.25, 0.3) is 0 Å². The number of unbranched alkanes of at least 4 members (excludes halogenated alkanes) is 2. The third kappa shape index (κ3) is 7.10. The fourth-order valence-corrected chi connectivity index (χ4v) is 1.69. The van der Waals surface area contributed by atoms with Crippen molar-refractivity contribution in [2.24, 2.45) is 0 Å². The molecule has 0 fully saturated rings. The van der Waals surface area contributed by atoms with E-state index in [1.165, 1.54) is 7.11 Å². The Hall–Kier alpha value is -2.37. The van der Waals surface area contributed by atoms with Gasteiger partial charge < -0.3 is 4.74 Å². The molecule has 0 spiro atoms. The summed E-state index contributed by atoms with van der Waals surface area (Å²) in [6.07, 6.45) is 2.48. The molecule has 0 aromatic heterocycles. The highest BCUT2D eigenvalue weighted by Crippen LogP contribution is 2.05. The highest BCUT2D eigenvalue weighted by atomic mass is 16.5. The van der Waals surface area contributed by atoms with Crippen LogP contribution in [-0.2, 0) is 19.1 Å². The predicted octanol–water partition coefficient (Wildman–Crippen LogP) is 1.82. The molecule has 1 amide bonds. The molecule has 2 N–H and O–H groups in total. The lowest BCUT2D eigenvalue weighted by Crippen LogP contribution is -2.28. The molecule has 6 heteroatoms. The van der Waals surface area contributed by atoms with Crippen molar-refractivity contribution in [1.29, 1.82) is 0 Å². The van der Waals surface area contributed by atoms with Gasteiger partial charge in [0.1, 0.15) is 0 Å². The molecule has 1 rings (SSSR count). The minimum Gasteiger partial charge on any atom is -0.463 e. The minimum atomic E-state index is -0.806. The zero-order valence-electron chi connectivity index (χ0n) is 12.1. The summed E-state index contributed by atoms with van der Waals surface area (Å²) >= 11 is 0. The summed E-state index contributed by atoms with van der Waals surface area (Å²) in [6.45, 7) is 0. The maximum Gasteiger partial charge on any atom is 0.374 e. The fraction of sp³-hybridized carbons (Fsp3) is 0.400. The van der Waals surface area contributed by atoms with Gasteiger partial charge in [-0.2, -0.15) is 0 Å². The number of hydrogen-bond donors (Lipinski definition) is 2. The van der Waals surface area contributed by atoms with Crippen molar-refractivity contribution in [3.05, 3.63) is 30.3 Å². The number of benzene rings is 1. The Labute approximate surface area is 123 Å². The Morgan fingerprint density at radius 3 is 2.33 bits per heavy atom. The van der Waals surface area contributed by atoms with Crippen LogP contribution in [0.15, 0.2) is 30.3 Å². The average molecular weight is 292 g/mol. The molecular weight excluding hydrogens is 272 g/mol. The molecule has 114 valence electrons. The van der Waals surface area contributed by atoms with Crippen LogP contribution in [0.5, 0.6) is 0 Å². The van der Waals surface area contributed by atoms with Crippen LogP contribution in [0.25, 0.3) is 0 Å². The summed E-state index contributed by atoms with van der Waals surface area (Å²) < 4.78 is 4.32. The molecule has 0 atom stereocenters. The average Bonchev–Trinajstić information content (AvgIpc) is 2.52. The fourth-order valence-electron chi connectivity index (χ4n) is 1.69. The van der Waals surface area contributed by atoms with E-state index in [-0.39, 0.29) is 12.3 Å². The van der Waals surface area contributed by atoms with Gasteiger partial charge in [-0.05, 0) is 25.0 Å². The number of anilines is 1. The van der Waals surface area contributed by atoms with Crippen LogP contribution in [0, 0.1) is 0 Å². The molecule has 21 heavy (non-hydrogen) atoms. The quantitative estimate of drug-likeness (QED) is 0.314. The van der Waals surface area contributed by atoms with Gasteiger partial charge in [-0.1, -0.05) is 24.6 Å². The number of hydrogen-bond acceptors (Lipinski definition) is 5. The van der Waals surface area contributed by atoms with Crippen LogP contribution in [-0.4, -0.2) is 24.8 Å². The maximum absolute atomic E-state index is 11.6. The lowest BCUT2D eigenvalue weighted by Gasteiger charge is -2.07. The van der Waals surface area contributed by atoms with E-state index in [0.29, 0.717) is 25.7 Å². The van der Waals surface area contributed by atoms with Gasteiger partial charge in [-0.15, -0.1) is 0 Å². The van der Waals surface area contributed by atoms with Crippen molar-refractivity contribution >= 4 is 23.3 Å². The number of ketones is 1. The highest BCUT2D eigenvalue weighted by Gasteiger charge is 2.12. The maximum atomic E-state index is 11.6. The Balaban J connectivity index is 2.06. The van der Waals surface area contributed by atoms with Crippen LogP contribution in [0.3, 0.4) is 0 Å². The number of para-hydroxylation sites is 1. The number of amides is 1. The van der Waals surface area contributed by atoms with Crippen LogP contribution in [0.2, 0.25) is 0 Å². The Bertz CT molecular complexity index is 474. The third-order valence-corrected chi connectivity index (χ3v) is 2.84. The number of nitrogens with one attached hydrogen (secondary N) is 2. The number of carbonyl (C=O) groups is 3. The zero-order chi connectivity index (χ0) is 15.5. The van der Waals surface area contributed by atoms with E-state index >= 15 is 0 Å². The number of rotatable bonds is 9. The minimum absolute atomic E-state index is 0.113. The second-order valence-electron chi connectivity index (χ2n) is 4.51. The van der Waals surface area contributed by atoms with Crippen molar-refractivity contribution in [3.63, 3.8) is 0 Å². The molecule has 0 saturated heterocycles. The van der Waals surface area contributed by atoms with Gasteiger partial charge in [0.2, 0.25) is 11.7 Å². The standard InChI is InChI=1S/C15H20N2O4/c1-21-15(20)13(18)10-6-3-7-11-14(19)17-16-12-8-4-2-5-9-12/h2,4-5,8-9,16H,3,6-7,10-11H2,1H3,(H,17,19). The Kier molecular flexibility index (Phi) is 7.56. The Morgan fingerprint density at radius 1 is 1.00 bits per heavy atom. The Morgan fingerprint density at radius 2 is 1.67 bits per heavy atom. The summed E-state index contributed by atoms with van der Waals surface area (Å²) in [5.74, 6) is -1.44. The van der Waals surface area contributed by atoms with Crippen LogP contribution in [0.4, 0.5) is 5.69 Å². The van der Waals surface area contributed by atoms with Crippen molar-refractivity contribution in [2.45, 2.75) is 32.1 Å². The van der Waals surface area contributed by atoms with Crippen molar-refractivity contribution in [2.75, 3.05) is 12.5 Å². The first-order valence-electron chi connectivity index (χ1n) is 6.84. The zero-order valence-corrected chi connectivity index (χ0v) is 12.1. The number of methoxy groups -OCH3 is 1. The molecule has 0 aliphatic rings. The lowest BCUT2D eigenvalue weighted by atomic mass is 10.1. The van der Waals surface area contributed by atoms with E-state index in [0.717, 1.165) is 5.69 Å². The first-order chi connectivity index (χ1) is 10.1. The highest BCUT2D eigenvalue weighted by molar-refractivity contribution is 6.33. The molecule has 0 radical (unpaired) electrons. The summed E-state index contributed by atoms with van der Waals surface area (Å²) in [7, 11) is 1.18. The molecular formula is C15H20N2O4. The number of Topliss-reactive ketones (excluding diaryl/α,β-unsaturated/α-hetero) is 1. The smallest absolute Gasteiger partial charge is 0.374 e. The van der Waals surface area contributed by atoms with Crippen molar-refractivity contribution in [1.82, 2.24) is 5.43 Å². The van der Waals surface area contributed by atoms with E-state index in [1.54, 1.807) is 0 Å². The first-order valence-corrected chi connectivity index (χ1v) is 6.84. The summed E-state index contributed by atoms with van der Waals surface area (Å²) in [5.41, 5.74) is 6.22. The van der Waals surface area contributed by atoms with Crippen LogP contribution < -0.4 is 10.9 Å². The first kappa shape index (κ1) is 16.7. The topological polar surface area (TPSA) is 84.5 Å².